The molecular weight excluding hydrogens is 250 g/mol. The van der Waals surface area contributed by atoms with Crippen molar-refractivity contribution in [1.29, 1.82) is 0 Å². The molecule has 1 aromatic carbocycles. The van der Waals surface area contributed by atoms with E-state index in [-0.39, 0.29) is 11.2 Å². The van der Waals surface area contributed by atoms with Gasteiger partial charge in [-0.2, -0.15) is 0 Å². The lowest BCUT2D eigenvalue weighted by atomic mass is 9.85. The summed E-state index contributed by atoms with van der Waals surface area (Å²) >= 11 is 0. The van der Waals surface area contributed by atoms with Crippen molar-refractivity contribution in [2.45, 2.75) is 40.0 Å². The van der Waals surface area contributed by atoms with E-state index in [1.54, 1.807) is 12.1 Å². The van der Waals surface area contributed by atoms with Crippen molar-refractivity contribution in [2.75, 3.05) is 5.73 Å². The van der Waals surface area contributed by atoms with Gasteiger partial charge in [0.25, 0.3) is 0 Å². The standard InChI is InChI=1S/C16H21N3O/c1-9-6-11(16(3,4)5)8-12(20)14(9)15-18-10(2)7-13(17)19-15/h6-8,20H,1-5H3,(H2,17,18,19). The average molecular weight is 271 g/mol. The summed E-state index contributed by atoms with van der Waals surface area (Å²) in [5, 5.41) is 10.3. The van der Waals surface area contributed by atoms with Gasteiger partial charge in [-0.3, -0.25) is 0 Å². The Bertz CT molecular complexity index is 614. The van der Waals surface area contributed by atoms with Gasteiger partial charge in [-0.15, -0.1) is 0 Å². The minimum atomic E-state index is -0.0206. The first-order valence-corrected chi connectivity index (χ1v) is 6.64. The van der Waals surface area contributed by atoms with E-state index in [1.165, 1.54) is 0 Å². The summed E-state index contributed by atoms with van der Waals surface area (Å²) in [5.41, 5.74) is 9.20. The Morgan fingerprint density at radius 3 is 2.20 bits per heavy atom. The van der Waals surface area contributed by atoms with Crippen LogP contribution in [0.5, 0.6) is 5.75 Å². The van der Waals surface area contributed by atoms with Crippen LogP contribution < -0.4 is 5.73 Å². The van der Waals surface area contributed by atoms with E-state index >= 15 is 0 Å². The number of nitrogens with zero attached hydrogens (tertiary/aromatic N) is 2. The zero-order valence-corrected chi connectivity index (χ0v) is 12.7. The smallest absolute Gasteiger partial charge is 0.165 e. The highest BCUT2D eigenvalue weighted by atomic mass is 16.3. The predicted molar refractivity (Wildman–Crippen MR) is 81.7 cm³/mol. The van der Waals surface area contributed by atoms with Crippen LogP contribution in [0.1, 0.15) is 37.6 Å². The van der Waals surface area contributed by atoms with Crippen LogP contribution in [0.4, 0.5) is 5.82 Å². The van der Waals surface area contributed by atoms with E-state index in [1.807, 2.05) is 13.8 Å². The van der Waals surface area contributed by atoms with Gasteiger partial charge in [0.2, 0.25) is 0 Å². The number of phenols is 1. The SMILES string of the molecule is Cc1cc(N)nc(-c2c(C)cc(C(C)(C)C)cc2O)n1. The van der Waals surface area contributed by atoms with Crippen LogP contribution >= 0.6 is 0 Å². The Labute approximate surface area is 119 Å². The maximum atomic E-state index is 10.3. The molecule has 0 amide bonds. The van der Waals surface area contributed by atoms with Crippen LogP contribution in [0, 0.1) is 13.8 Å². The van der Waals surface area contributed by atoms with Crippen LogP contribution in [0.3, 0.4) is 0 Å². The molecular formula is C16H21N3O. The van der Waals surface area contributed by atoms with Crippen molar-refractivity contribution in [3.8, 4) is 17.1 Å². The van der Waals surface area contributed by atoms with Crippen LogP contribution in [0.15, 0.2) is 18.2 Å². The molecule has 1 heterocycles. The molecule has 2 aromatic rings. The quantitative estimate of drug-likeness (QED) is 0.834. The van der Waals surface area contributed by atoms with E-state index in [0.29, 0.717) is 17.2 Å². The number of hydrogen-bond donors (Lipinski definition) is 2. The first-order chi connectivity index (χ1) is 9.18. The topological polar surface area (TPSA) is 72.0 Å². The van der Waals surface area contributed by atoms with Gasteiger partial charge in [-0.25, -0.2) is 9.97 Å². The van der Waals surface area contributed by atoms with Crippen molar-refractivity contribution in [2.24, 2.45) is 0 Å². The summed E-state index contributed by atoms with van der Waals surface area (Å²) in [4.78, 5) is 8.59. The number of aromatic nitrogens is 2. The number of nitrogens with two attached hydrogens (primary N) is 1. The molecule has 0 radical (unpaired) electrons. The molecule has 0 bridgehead atoms. The maximum absolute atomic E-state index is 10.3. The molecule has 4 heteroatoms. The van der Waals surface area contributed by atoms with Crippen molar-refractivity contribution >= 4 is 5.82 Å². The second-order valence-electron chi connectivity index (χ2n) is 6.20. The van der Waals surface area contributed by atoms with E-state index in [0.717, 1.165) is 16.8 Å². The van der Waals surface area contributed by atoms with Gasteiger partial charge in [0.15, 0.2) is 5.82 Å². The van der Waals surface area contributed by atoms with Gasteiger partial charge in [-0.1, -0.05) is 26.8 Å². The molecule has 0 aliphatic carbocycles. The molecule has 1 aromatic heterocycles. The molecule has 0 fully saturated rings. The maximum Gasteiger partial charge on any atom is 0.165 e. The van der Waals surface area contributed by atoms with Crippen LogP contribution in [0.25, 0.3) is 11.4 Å². The third kappa shape index (κ3) is 2.74. The highest BCUT2D eigenvalue weighted by Gasteiger charge is 2.19. The normalized spacial score (nSPS) is 11.7. The van der Waals surface area contributed by atoms with Crippen LogP contribution in [-0.2, 0) is 5.41 Å². The number of aromatic hydroxyl groups is 1. The van der Waals surface area contributed by atoms with Crippen molar-refractivity contribution in [3.05, 3.63) is 35.0 Å². The Kier molecular flexibility index (Phi) is 3.42. The van der Waals surface area contributed by atoms with Gasteiger partial charge in [0.05, 0.1) is 5.56 Å². The van der Waals surface area contributed by atoms with E-state index in [2.05, 4.69) is 36.8 Å². The zero-order valence-electron chi connectivity index (χ0n) is 12.7. The highest BCUT2D eigenvalue weighted by molar-refractivity contribution is 5.70. The van der Waals surface area contributed by atoms with E-state index < -0.39 is 0 Å². The summed E-state index contributed by atoms with van der Waals surface area (Å²) in [6, 6.07) is 5.56. The van der Waals surface area contributed by atoms with Crippen molar-refractivity contribution in [1.82, 2.24) is 9.97 Å². The molecule has 20 heavy (non-hydrogen) atoms. The third-order valence-electron chi connectivity index (χ3n) is 3.28. The second-order valence-corrected chi connectivity index (χ2v) is 6.20. The number of hydrogen-bond acceptors (Lipinski definition) is 4. The lowest BCUT2D eigenvalue weighted by molar-refractivity contribution is 0.472. The van der Waals surface area contributed by atoms with Gasteiger partial charge in [-0.05, 0) is 36.5 Å². The summed E-state index contributed by atoms with van der Waals surface area (Å²) < 4.78 is 0. The zero-order chi connectivity index (χ0) is 15.1. The van der Waals surface area contributed by atoms with E-state index in [9.17, 15) is 5.11 Å². The number of nitrogen functional groups attached to an aromatic ring is 1. The fourth-order valence-corrected chi connectivity index (χ4v) is 2.20. The Balaban J connectivity index is 2.64. The predicted octanol–water partition coefficient (Wildman–Crippen LogP) is 3.35. The van der Waals surface area contributed by atoms with E-state index in [4.69, 9.17) is 5.73 Å². The molecule has 0 atom stereocenters. The molecule has 0 aliphatic rings. The lowest BCUT2D eigenvalue weighted by Gasteiger charge is -2.21. The number of benzene rings is 1. The molecule has 0 unspecified atom stereocenters. The first kappa shape index (κ1) is 14.3. The summed E-state index contributed by atoms with van der Waals surface area (Å²) in [7, 11) is 0. The van der Waals surface area contributed by atoms with Crippen molar-refractivity contribution < 1.29 is 5.11 Å². The number of aryl methyl sites for hydroxylation is 2. The van der Waals surface area contributed by atoms with Gasteiger partial charge >= 0.3 is 0 Å². The second kappa shape index (κ2) is 4.78. The average Bonchev–Trinajstić information content (AvgIpc) is 2.25. The summed E-state index contributed by atoms with van der Waals surface area (Å²) in [5.74, 6) is 1.07. The highest BCUT2D eigenvalue weighted by Crippen LogP contribution is 2.35. The largest absolute Gasteiger partial charge is 0.507 e. The van der Waals surface area contributed by atoms with Gasteiger partial charge in [0.1, 0.15) is 11.6 Å². The van der Waals surface area contributed by atoms with Gasteiger partial charge in [0, 0.05) is 11.8 Å². The number of phenolic OH excluding ortho intramolecular Hbond substituents is 1. The minimum Gasteiger partial charge on any atom is -0.507 e. The Morgan fingerprint density at radius 1 is 1.05 bits per heavy atom. The third-order valence-corrected chi connectivity index (χ3v) is 3.28. The molecule has 106 valence electrons. The molecule has 0 aliphatic heterocycles. The summed E-state index contributed by atoms with van der Waals surface area (Å²) in [6.07, 6.45) is 0. The first-order valence-electron chi connectivity index (χ1n) is 6.64. The minimum absolute atomic E-state index is 0.0206. The number of anilines is 1. The molecule has 4 nitrogen and oxygen atoms in total. The fourth-order valence-electron chi connectivity index (χ4n) is 2.20. The molecule has 2 rings (SSSR count). The molecule has 0 spiro atoms. The summed E-state index contributed by atoms with van der Waals surface area (Å²) in [6.45, 7) is 10.1. The molecule has 0 saturated heterocycles. The van der Waals surface area contributed by atoms with Crippen LogP contribution in [0.2, 0.25) is 0 Å². The monoisotopic (exact) mass is 271 g/mol. The lowest BCUT2D eigenvalue weighted by Crippen LogP contribution is -2.11. The number of rotatable bonds is 1. The molecule has 0 saturated carbocycles. The fraction of sp³-hybridized carbons (Fsp3) is 0.375. The Hall–Kier alpha value is -2.10. The van der Waals surface area contributed by atoms with Crippen LogP contribution in [-0.4, -0.2) is 15.1 Å². The Morgan fingerprint density at radius 2 is 1.70 bits per heavy atom. The van der Waals surface area contributed by atoms with Crippen molar-refractivity contribution in [3.63, 3.8) is 0 Å². The van der Waals surface area contributed by atoms with Gasteiger partial charge < -0.3 is 10.8 Å². The molecule has 3 N–H and O–H groups in total.